The van der Waals surface area contributed by atoms with E-state index in [1.54, 1.807) is 25.1 Å². The van der Waals surface area contributed by atoms with Crippen molar-refractivity contribution in [3.63, 3.8) is 0 Å². The molecule has 1 amide bonds. The summed E-state index contributed by atoms with van der Waals surface area (Å²) >= 11 is 0. The van der Waals surface area contributed by atoms with Crippen LogP contribution < -0.4 is 5.32 Å². The number of carboxylic acid groups (broad SMARTS) is 1. The molecule has 1 aromatic rings. The standard InChI is InChI=1S/C13H14N2O3/c1-9(5-6-12(16)17)15-13(18)11-4-2-3-10(7-11)8-14/h2-4,7,9H,5-6H2,1H3,(H,15,18)(H,16,17). The van der Waals surface area contributed by atoms with E-state index in [4.69, 9.17) is 10.4 Å². The first kappa shape index (κ1) is 13.7. The Morgan fingerprint density at radius 1 is 1.50 bits per heavy atom. The topological polar surface area (TPSA) is 90.2 Å². The Morgan fingerprint density at radius 3 is 2.83 bits per heavy atom. The van der Waals surface area contributed by atoms with Crippen molar-refractivity contribution in [1.29, 1.82) is 5.26 Å². The molecule has 1 rings (SSSR count). The van der Waals surface area contributed by atoms with Gasteiger partial charge in [0.2, 0.25) is 0 Å². The van der Waals surface area contributed by atoms with E-state index in [0.717, 1.165) is 0 Å². The van der Waals surface area contributed by atoms with Crippen LogP contribution in [0.4, 0.5) is 0 Å². The maximum absolute atomic E-state index is 11.8. The van der Waals surface area contributed by atoms with Gasteiger partial charge in [-0.15, -0.1) is 0 Å². The molecular formula is C13H14N2O3. The zero-order chi connectivity index (χ0) is 13.5. The number of hydrogen-bond acceptors (Lipinski definition) is 3. The molecule has 0 aliphatic rings. The lowest BCUT2D eigenvalue weighted by Gasteiger charge is -2.12. The molecule has 1 atom stereocenters. The number of rotatable bonds is 5. The average molecular weight is 246 g/mol. The minimum Gasteiger partial charge on any atom is -0.481 e. The molecule has 94 valence electrons. The van der Waals surface area contributed by atoms with E-state index in [-0.39, 0.29) is 18.4 Å². The maximum atomic E-state index is 11.8. The quantitative estimate of drug-likeness (QED) is 0.824. The molecule has 0 fully saturated rings. The number of nitriles is 1. The lowest BCUT2D eigenvalue weighted by Crippen LogP contribution is -2.32. The summed E-state index contributed by atoms with van der Waals surface area (Å²) in [5, 5.41) is 19.9. The van der Waals surface area contributed by atoms with Gasteiger partial charge < -0.3 is 10.4 Å². The summed E-state index contributed by atoms with van der Waals surface area (Å²) in [7, 11) is 0. The summed E-state index contributed by atoms with van der Waals surface area (Å²) in [6.45, 7) is 1.75. The fourth-order valence-corrected chi connectivity index (χ4v) is 1.45. The van der Waals surface area contributed by atoms with Gasteiger partial charge in [-0.1, -0.05) is 6.07 Å². The predicted octanol–water partition coefficient (Wildman–Crippen LogP) is 1.54. The molecule has 0 saturated heterocycles. The van der Waals surface area contributed by atoms with Crippen molar-refractivity contribution >= 4 is 11.9 Å². The lowest BCUT2D eigenvalue weighted by molar-refractivity contribution is -0.137. The van der Waals surface area contributed by atoms with Crippen LogP contribution in [0.15, 0.2) is 24.3 Å². The molecule has 0 aromatic heterocycles. The third kappa shape index (κ3) is 4.26. The molecule has 5 heteroatoms. The van der Waals surface area contributed by atoms with Crippen LogP contribution in [0.2, 0.25) is 0 Å². The van der Waals surface area contributed by atoms with E-state index in [1.807, 2.05) is 6.07 Å². The van der Waals surface area contributed by atoms with Crippen molar-refractivity contribution in [2.24, 2.45) is 0 Å². The number of carbonyl (C=O) groups is 2. The molecule has 5 nitrogen and oxygen atoms in total. The molecule has 0 radical (unpaired) electrons. The van der Waals surface area contributed by atoms with Crippen LogP contribution in [0, 0.1) is 11.3 Å². The zero-order valence-electron chi connectivity index (χ0n) is 10.0. The minimum absolute atomic E-state index is 0.0136. The molecule has 0 spiro atoms. The summed E-state index contributed by atoms with van der Waals surface area (Å²) in [4.78, 5) is 22.2. The lowest BCUT2D eigenvalue weighted by atomic mass is 10.1. The maximum Gasteiger partial charge on any atom is 0.303 e. The van der Waals surface area contributed by atoms with Crippen LogP contribution in [0.5, 0.6) is 0 Å². The Bertz CT molecular complexity index is 491. The monoisotopic (exact) mass is 246 g/mol. The molecule has 1 unspecified atom stereocenters. The normalized spacial score (nSPS) is 11.3. The second kappa shape index (κ2) is 6.40. The predicted molar refractivity (Wildman–Crippen MR) is 65.0 cm³/mol. The molecular weight excluding hydrogens is 232 g/mol. The highest BCUT2D eigenvalue weighted by Gasteiger charge is 2.11. The Labute approximate surface area is 105 Å². The molecule has 0 aliphatic carbocycles. The average Bonchev–Trinajstić information content (AvgIpc) is 2.36. The summed E-state index contributed by atoms with van der Waals surface area (Å²) in [5.41, 5.74) is 0.817. The van der Waals surface area contributed by atoms with Crippen LogP contribution in [-0.4, -0.2) is 23.0 Å². The van der Waals surface area contributed by atoms with Crippen LogP contribution in [-0.2, 0) is 4.79 Å². The number of carboxylic acids is 1. The number of hydrogen-bond donors (Lipinski definition) is 2. The molecule has 2 N–H and O–H groups in total. The minimum atomic E-state index is -0.887. The van der Waals surface area contributed by atoms with Gasteiger partial charge in [0.15, 0.2) is 0 Å². The van der Waals surface area contributed by atoms with Crippen molar-refractivity contribution in [2.45, 2.75) is 25.8 Å². The van der Waals surface area contributed by atoms with Gasteiger partial charge in [0.1, 0.15) is 0 Å². The van der Waals surface area contributed by atoms with E-state index in [2.05, 4.69) is 5.32 Å². The second-order valence-electron chi connectivity index (χ2n) is 4.00. The summed E-state index contributed by atoms with van der Waals surface area (Å²) < 4.78 is 0. The highest BCUT2D eigenvalue weighted by Crippen LogP contribution is 2.05. The first-order valence-corrected chi connectivity index (χ1v) is 5.55. The van der Waals surface area contributed by atoms with E-state index in [9.17, 15) is 9.59 Å². The third-order valence-corrected chi connectivity index (χ3v) is 2.42. The van der Waals surface area contributed by atoms with Crippen LogP contribution in [0.25, 0.3) is 0 Å². The zero-order valence-corrected chi connectivity index (χ0v) is 10.0. The smallest absolute Gasteiger partial charge is 0.303 e. The van der Waals surface area contributed by atoms with Gasteiger partial charge in [0.05, 0.1) is 11.6 Å². The number of benzene rings is 1. The Morgan fingerprint density at radius 2 is 2.22 bits per heavy atom. The van der Waals surface area contributed by atoms with Gasteiger partial charge in [-0.05, 0) is 31.5 Å². The van der Waals surface area contributed by atoms with E-state index in [0.29, 0.717) is 17.5 Å². The van der Waals surface area contributed by atoms with Gasteiger partial charge in [-0.25, -0.2) is 0 Å². The Hall–Kier alpha value is -2.35. The van der Waals surface area contributed by atoms with Crippen molar-refractivity contribution in [3.05, 3.63) is 35.4 Å². The van der Waals surface area contributed by atoms with Gasteiger partial charge in [0.25, 0.3) is 5.91 Å². The first-order valence-electron chi connectivity index (χ1n) is 5.55. The fourth-order valence-electron chi connectivity index (χ4n) is 1.45. The fraction of sp³-hybridized carbons (Fsp3) is 0.308. The van der Waals surface area contributed by atoms with E-state index >= 15 is 0 Å². The molecule has 18 heavy (non-hydrogen) atoms. The molecule has 1 aromatic carbocycles. The highest BCUT2D eigenvalue weighted by atomic mass is 16.4. The summed E-state index contributed by atoms with van der Waals surface area (Å²) in [6.07, 6.45) is 0.388. The summed E-state index contributed by atoms with van der Waals surface area (Å²) in [5.74, 6) is -1.19. The molecule has 0 heterocycles. The number of nitrogens with zero attached hydrogens (tertiary/aromatic N) is 1. The second-order valence-corrected chi connectivity index (χ2v) is 4.00. The third-order valence-electron chi connectivity index (χ3n) is 2.42. The van der Waals surface area contributed by atoms with Gasteiger partial charge in [-0.3, -0.25) is 9.59 Å². The molecule has 0 aliphatic heterocycles. The van der Waals surface area contributed by atoms with Gasteiger partial charge >= 0.3 is 5.97 Å². The molecule has 0 bridgehead atoms. The summed E-state index contributed by atoms with van der Waals surface area (Å²) in [6, 6.07) is 8.10. The van der Waals surface area contributed by atoms with E-state index in [1.165, 1.54) is 6.07 Å². The van der Waals surface area contributed by atoms with Crippen molar-refractivity contribution in [2.75, 3.05) is 0 Å². The Kier molecular flexibility index (Phi) is 4.88. The van der Waals surface area contributed by atoms with Gasteiger partial charge in [-0.2, -0.15) is 5.26 Å². The largest absolute Gasteiger partial charge is 0.481 e. The van der Waals surface area contributed by atoms with Crippen molar-refractivity contribution in [1.82, 2.24) is 5.32 Å². The number of carbonyl (C=O) groups excluding carboxylic acids is 1. The van der Waals surface area contributed by atoms with E-state index < -0.39 is 5.97 Å². The number of nitrogens with one attached hydrogen (secondary N) is 1. The van der Waals surface area contributed by atoms with Crippen molar-refractivity contribution < 1.29 is 14.7 Å². The number of aliphatic carboxylic acids is 1. The van der Waals surface area contributed by atoms with Crippen LogP contribution in [0.3, 0.4) is 0 Å². The van der Waals surface area contributed by atoms with Crippen molar-refractivity contribution in [3.8, 4) is 6.07 Å². The van der Waals surface area contributed by atoms with Crippen LogP contribution >= 0.6 is 0 Å². The highest BCUT2D eigenvalue weighted by molar-refractivity contribution is 5.94. The number of amides is 1. The van der Waals surface area contributed by atoms with Crippen LogP contribution in [0.1, 0.15) is 35.7 Å². The first-order chi connectivity index (χ1) is 8.52. The molecule has 0 saturated carbocycles. The Balaban J connectivity index is 2.59. The van der Waals surface area contributed by atoms with Gasteiger partial charge in [0, 0.05) is 18.0 Å². The SMILES string of the molecule is CC(CCC(=O)O)NC(=O)c1cccc(C#N)c1.